The number of hydrogen-bond acceptors (Lipinski definition) is 2. The second kappa shape index (κ2) is 9.12. The maximum absolute atomic E-state index is 12.6. The van der Waals surface area contributed by atoms with Crippen LogP contribution in [0.15, 0.2) is 24.3 Å². The Morgan fingerprint density at radius 2 is 1.38 bits per heavy atom. The van der Waals surface area contributed by atoms with E-state index in [0.717, 1.165) is 25.0 Å². The first-order valence-corrected chi connectivity index (χ1v) is 10.1. The molecular formula is C21H30F3NO. The Morgan fingerprint density at radius 3 is 1.96 bits per heavy atom. The molecular weight excluding hydrogens is 339 g/mol. The molecule has 2 aliphatic carbocycles. The maximum atomic E-state index is 12.6. The quantitative estimate of drug-likeness (QED) is 0.647. The molecule has 0 atom stereocenters. The Bertz CT molecular complexity index is 527. The van der Waals surface area contributed by atoms with E-state index in [0.29, 0.717) is 30.4 Å². The van der Waals surface area contributed by atoms with Crippen molar-refractivity contribution >= 4 is 0 Å². The summed E-state index contributed by atoms with van der Waals surface area (Å²) in [6, 6.07) is 6.33. The summed E-state index contributed by atoms with van der Waals surface area (Å²) in [6.45, 7) is 0.599. The van der Waals surface area contributed by atoms with Crippen molar-refractivity contribution in [3.05, 3.63) is 29.8 Å². The summed E-state index contributed by atoms with van der Waals surface area (Å²) >= 11 is 0. The van der Waals surface area contributed by atoms with E-state index in [9.17, 15) is 13.2 Å². The molecule has 0 unspecified atom stereocenters. The second-order valence-corrected chi connectivity index (χ2v) is 7.91. The molecule has 0 heterocycles. The molecule has 1 N–H and O–H groups in total. The van der Waals surface area contributed by atoms with E-state index in [1.165, 1.54) is 63.5 Å². The highest BCUT2D eigenvalue weighted by molar-refractivity contribution is 5.28. The van der Waals surface area contributed by atoms with Gasteiger partial charge in [0.05, 0.1) is 12.2 Å². The minimum Gasteiger partial charge on any atom is -0.493 e. The Balaban J connectivity index is 1.37. The lowest BCUT2D eigenvalue weighted by Crippen LogP contribution is -2.40. The molecule has 2 nitrogen and oxygen atoms in total. The smallest absolute Gasteiger partial charge is 0.416 e. The van der Waals surface area contributed by atoms with Crippen molar-refractivity contribution in [1.29, 1.82) is 0 Å². The molecule has 0 amide bonds. The van der Waals surface area contributed by atoms with Gasteiger partial charge in [-0.3, -0.25) is 0 Å². The Labute approximate surface area is 154 Å². The van der Waals surface area contributed by atoms with Crippen molar-refractivity contribution in [2.24, 2.45) is 5.92 Å². The van der Waals surface area contributed by atoms with Gasteiger partial charge in [0.1, 0.15) is 5.75 Å². The molecule has 3 rings (SSSR count). The van der Waals surface area contributed by atoms with Crippen molar-refractivity contribution in [2.75, 3.05) is 6.61 Å². The summed E-state index contributed by atoms with van der Waals surface area (Å²) in [5.41, 5.74) is -0.630. The van der Waals surface area contributed by atoms with Gasteiger partial charge in [-0.05, 0) is 68.7 Å². The lowest BCUT2D eigenvalue weighted by Gasteiger charge is -2.32. The molecule has 1 aromatic carbocycles. The Morgan fingerprint density at radius 1 is 0.808 bits per heavy atom. The van der Waals surface area contributed by atoms with Gasteiger partial charge in [0.25, 0.3) is 0 Å². The van der Waals surface area contributed by atoms with E-state index in [4.69, 9.17) is 4.74 Å². The number of rotatable bonds is 5. The summed E-state index contributed by atoms with van der Waals surface area (Å²) in [4.78, 5) is 0. The zero-order valence-corrected chi connectivity index (χ0v) is 15.4. The molecule has 0 aliphatic heterocycles. The second-order valence-electron chi connectivity index (χ2n) is 7.91. The fraction of sp³-hybridized carbons (Fsp3) is 0.714. The van der Waals surface area contributed by atoms with Crippen LogP contribution in [0.1, 0.15) is 69.8 Å². The zero-order valence-electron chi connectivity index (χ0n) is 15.4. The molecule has 0 bridgehead atoms. The number of hydrogen-bond donors (Lipinski definition) is 1. The summed E-state index contributed by atoms with van der Waals surface area (Å²) in [5, 5.41) is 3.87. The van der Waals surface area contributed by atoms with Gasteiger partial charge in [0.15, 0.2) is 0 Å². The molecule has 2 aliphatic rings. The van der Waals surface area contributed by atoms with E-state index in [1.807, 2.05) is 0 Å². The lowest BCUT2D eigenvalue weighted by molar-refractivity contribution is -0.137. The van der Waals surface area contributed by atoms with Gasteiger partial charge < -0.3 is 10.1 Å². The van der Waals surface area contributed by atoms with Crippen molar-refractivity contribution in [3.8, 4) is 5.75 Å². The third-order valence-corrected chi connectivity index (χ3v) is 5.84. The summed E-state index contributed by atoms with van der Waals surface area (Å²) in [5.74, 6) is 1.03. The molecule has 26 heavy (non-hydrogen) atoms. The molecule has 0 aromatic heterocycles. The van der Waals surface area contributed by atoms with Gasteiger partial charge in [0, 0.05) is 12.1 Å². The first-order valence-electron chi connectivity index (χ1n) is 10.1. The van der Waals surface area contributed by atoms with Crippen LogP contribution >= 0.6 is 0 Å². The number of alkyl halides is 3. The van der Waals surface area contributed by atoms with E-state index in [1.54, 1.807) is 0 Å². The minimum absolute atomic E-state index is 0.504. The van der Waals surface area contributed by atoms with Crippen LogP contribution in [-0.4, -0.2) is 18.7 Å². The largest absolute Gasteiger partial charge is 0.493 e. The highest BCUT2D eigenvalue weighted by atomic mass is 19.4. The number of halogens is 3. The van der Waals surface area contributed by atoms with Crippen LogP contribution in [0.25, 0.3) is 0 Å². The lowest BCUT2D eigenvalue weighted by atomic mass is 9.86. The van der Waals surface area contributed by atoms with Crippen LogP contribution in [0, 0.1) is 5.92 Å². The predicted molar refractivity (Wildman–Crippen MR) is 97.3 cm³/mol. The number of nitrogens with one attached hydrogen (secondary N) is 1. The van der Waals surface area contributed by atoms with Gasteiger partial charge in [-0.25, -0.2) is 0 Å². The van der Waals surface area contributed by atoms with Crippen LogP contribution in [-0.2, 0) is 6.18 Å². The summed E-state index contributed by atoms with van der Waals surface area (Å²) < 4.78 is 43.5. The first kappa shape index (κ1) is 19.5. The predicted octanol–water partition coefficient (Wildman–Crippen LogP) is 5.96. The van der Waals surface area contributed by atoms with Crippen LogP contribution in [0.4, 0.5) is 13.2 Å². The molecule has 2 saturated carbocycles. The highest BCUT2D eigenvalue weighted by Crippen LogP contribution is 2.31. The Hall–Kier alpha value is -1.23. The van der Waals surface area contributed by atoms with Crippen LogP contribution < -0.4 is 10.1 Å². The van der Waals surface area contributed by atoms with Crippen LogP contribution in [0.2, 0.25) is 0 Å². The average molecular weight is 369 g/mol. The normalized spacial score (nSPS) is 25.7. The number of ether oxygens (including phenoxy) is 1. The van der Waals surface area contributed by atoms with Gasteiger partial charge in [-0.2, -0.15) is 13.2 Å². The van der Waals surface area contributed by atoms with Gasteiger partial charge in [-0.1, -0.05) is 25.7 Å². The standard InChI is InChI=1S/C21H30F3NO/c22-21(23,24)17-9-13-20(14-10-17)26-15-16-7-11-19(12-8-16)25-18-5-3-1-2-4-6-18/h9-10,13-14,16,18-19,25H,1-8,11-12,15H2/t16-,19-. The van der Waals surface area contributed by atoms with Crippen molar-refractivity contribution < 1.29 is 17.9 Å². The number of benzene rings is 1. The molecule has 0 radical (unpaired) electrons. The minimum atomic E-state index is -4.29. The highest BCUT2D eigenvalue weighted by Gasteiger charge is 2.30. The molecule has 146 valence electrons. The van der Waals surface area contributed by atoms with E-state index in [2.05, 4.69) is 5.32 Å². The van der Waals surface area contributed by atoms with E-state index >= 15 is 0 Å². The van der Waals surface area contributed by atoms with Crippen molar-refractivity contribution in [1.82, 2.24) is 5.32 Å². The maximum Gasteiger partial charge on any atom is 0.416 e. The fourth-order valence-electron chi connectivity index (χ4n) is 4.23. The monoisotopic (exact) mass is 369 g/mol. The first-order chi connectivity index (χ1) is 12.5. The third-order valence-electron chi connectivity index (χ3n) is 5.84. The summed E-state index contributed by atoms with van der Waals surface area (Å²) in [7, 11) is 0. The van der Waals surface area contributed by atoms with Crippen LogP contribution in [0.3, 0.4) is 0 Å². The molecule has 0 saturated heterocycles. The van der Waals surface area contributed by atoms with Crippen molar-refractivity contribution in [3.63, 3.8) is 0 Å². The molecule has 5 heteroatoms. The molecule has 2 fully saturated rings. The van der Waals surface area contributed by atoms with Gasteiger partial charge in [0.2, 0.25) is 0 Å². The summed E-state index contributed by atoms with van der Waals surface area (Å²) in [6.07, 6.45) is 8.43. The van der Waals surface area contributed by atoms with Gasteiger partial charge in [-0.15, -0.1) is 0 Å². The molecule has 0 spiro atoms. The third kappa shape index (κ3) is 5.90. The van der Waals surface area contributed by atoms with E-state index in [-0.39, 0.29) is 0 Å². The van der Waals surface area contributed by atoms with Gasteiger partial charge >= 0.3 is 6.18 Å². The topological polar surface area (TPSA) is 21.3 Å². The van der Waals surface area contributed by atoms with E-state index < -0.39 is 11.7 Å². The fourth-order valence-corrected chi connectivity index (χ4v) is 4.23. The van der Waals surface area contributed by atoms with Crippen molar-refractivity contribution in [2.45, 2.75) is 82.5 Å². The zero-order chi connectivity index (χ0) is 18.4. The van der Waals surface area contributed by atoms with Crippen LogP contribution in [0.5, 0.6) is 5.75 Å². The average Bonchev–Trinajstić information content (AvgIpc) is 2.89. The SMILES string of the molecule is FC(F)(F)c1ccc(OC[C@H]2CC[C@H](NC3CCCCCC3)CC2)cc1. The Kier molecular flexibility index (Phi) is 6.85. The molecule has 1 aromatic rings.